The summed E-state index contributed by atoms with van der Waals surface area (Å²) in [7, 11) is 0. The molecule has 180 valence electrons. The van der Waals surface area contributed by atoms with Gasteiger partial charge < -0.3 is 19.9 Å². The van der Waals surface area contributed by atoms with Gasteiger partial charge in [-0.05, 0) is 67.3 Å². The molecule has 3 rings (SSSR count). The Balaban J connectivity index is 1.76. The fourth-order valence-electron chi connectivity index (χ4n) is 4.14. The Labute approximate surface area is 201 Å². The number of thiophene rings is 1. The van der Waals surface area contributed by atoms with E-state index < -0.39 is 0 Å². The van der Waals surface area contributed by atoms with Gasteiger partial charge in [0.05, 0.1) is 6.04 Å². The Hall–Kier alpha value is -2.54. The third-order valence-electron chi connectivity index (χ3n) is 6.39. The van der Waals surface area contributed by atoms with Crippen molar-refractivity contribution in [1.29, 1.82) is 0 Å². The van der Waals surface area contributed by atoms with Crippen LogP contribution in [0.25, 0.3) is 0 Å². The van der Waals surface area contributed by atoms with Gasteiger partial charge in [-0.1, -0.05) is 32.9 Å². The summed E-state index contributed by atoms with van der Waals surface area (Å²) >= 11 is 1.74. The second-order valence-electron chi connectivity index (χ2n) is 8.91. The lowest BCUT2D eigenvalue weighted by Gasteiger charge is -2.38. The molecule has 0 unspecified atom stereocenters. The summed E-state index contributed by atoms with van der Waals surface area (Å²) < 4.78 is 6.16. The van der Waals surface area contributed by atoms with Crippen molar-refractivity contribution in [3.63, 3.8) is 0 Å². The molecule has 1 aliphatic heterocycles. The minimum Gasteiger partial charge on any atom is -0.491 e. The van der Waals surface area contributed by atoms with Crippen LogP contribution in [0.2, 0.25) is 0 Å². The quantitative estimate of drug-likeness (QED) is 0.546. The molecule has 3 amide bonds. The Morgan fingerprint density at radius 3 is 2.55 bits per heavy atom. The summed E-state index contributed by atoms with van der Waals surface area (Å²) in [5, 5.41) is 4.93. The van der Waals surface area contributed by atoms with E-state index in [0.29, 0.717) is 25.6 Å². The second kappa shape index (κ2) is 11.5. The number of hydrogen-bond donors (Lipinski definition) is 1. The van der Waals surface area contributed by atoms with Gasteiger partial charge in [-0.25, -0.2) is 4.79 Å². The minimum atomic E-state index is -0.188. The first-order valence-electron chi connectivity index (χ1n) is 12.0. The molecule has 1 aliphatic rings. The van der Waals surface area contributed by atoms with Crippen molar-refractivity contribution in [3.05, 3.63) is 51.7 Å². The van der Waals surface area contributed by atoms with Gasteiger partial charge >= 0.3 is 6.03 Å². The van der Waals surface area contributed by atoms with Crippen LogP contribution in [0.1, 0.15) is 69.0 Å². The number of amides is 3. The van der Waals surface area contributed by atoms with Crippen LogP contribution in [0.15, 0.2) is 35.7 Å². The largest absolute Gasteiger partial charge is 0.491 e. The maximum Gasteiger partial charge on any atom is 0.318 e. The van der Waals surface area contributed by atoms with Crippen LogP contribution in [-0.4, -0.2) is 54.0 Å². The van der Waals surface area contributed by atoms with Crippen LogP contribution < -0.4 is 10.1 Å². The molecule has 0 spiro atoms. The van der Waals surface area contributed by atoms with Gasteiger partial charge in [0, 0.05) is 24.0 Å². The zero-order valence-corrected chi connectivity index (χ0v) is 21.3. The highest BCUT2D eigenvalue weighted by Gasteiger charge is 2.34. The highest BCUT2D eigenvalue weighted by Crippen LogP contribution is 2.34. The van der Waals surface area contributed by atoms with Crippen molar-refractivity contribution in [2.24, 2.45) is 0 Å². The molecule has 0 radical (unpaired) electrons. The average molecular weight is 472 g/mol. The molecule has 6 nitrogen and oxygen atoms in total. The number of nitrogens with zero attached hydrogens (tertiary/aromatic N) is 2. The predicted molar refractivity (Wildman–Crippen MR) is 134 cm³/mol. The fraction of sp³-hybridized carbons (Fsp3) is 0.538. The maximum absolute atomic E-state index is 13.5. The van der Waals surface area contributed by atoms with E-state index in [0.717, 1.165) is 24.2 Å². The highest BCUT2D eigenvalue weighted by molar-refractivity contribution is 7.10. The number of hydrogen-bond acceptors (Lipinski definition) is 4. The van der Waals surface area contributed by atoms with Gasteiger partial charge in [0.2, 0.25) is 5.91 Å². The molecule has 0 saturated heterocycles. The van der Waals surface area contributed by atoms with Crippen molar-refractivity contribution in [2.45, 2.75) is 65.5 Å². The van der Waals surface area contributed by atoms with Crippen LogP contribution >= 0.6 is 11.3 Å². The second-order valence-corrected chi connectivity index (χ2v) is 9.91. The third kappa shape index (κ3) is 6.08. The average Bonchev–Trinajstić information content (AvgIpc) is 3.29. The molecule has 0 fully saturated rings. The summed E-state index contributed by atoms with van der Waals surface area (Å²) in [6.07, 6.45) is 1.63. The Bertz CT molecular complexity index is 925. The van der Waals surface area contributed by atoms with Gasteiger partial charge in [0.15, 0.2) is 0 Å². The lowest BCUT2D eigenvalue weighted by Crippen LogP contribution is -2.52. The van der Waals surface area contributed by atoms with Gasteiger partial charge in [-0.2, -0.15) is 0 Å². The number of carbonyl (C=O) groups excluding carboxylic acids is 2. The summed E-state index contributed by atoms with van der Waals surface area (Å²) in [4.78, 5) is 30.9. The first kappa shape index (κ1) is 25.1. The zero-order chi connectivity index (χ0) is 24.0. The summed E-state index contributed by atoms with van der Waals surface area (Å²) in [6, 6.07) is 9.92. The Morgan fingerprint density at radius 1 is 1.18 bits per heavy atom. The van der Waals surface area contributed by atoms with Crippen molar-refractivity contribution < 1.29 is 14.3 Å². The third-order valence-corrected chi connectivity index (χ3v) is 7.38. The van der Waals surface area contributed by atoms with E-state index in [1.807, 2.05) is 37.8 Å². The SMILES string of the molecule is CCNC(=O)N(CC(=O)N1CCc2sccc2[C@H]1COc1ccc(C(C)C)cc1)[C@H](C)CC. The smallest absolute Gasteiger partial charge is 0.318 e. The molecule has 0 aliphatic carbocycles. The maximum atomic E-state index is 13.5. The minimum absolute atomic E-state index is 0.0174. The van der Waals surface area contributed by atoms with Crippen molar-refractivity contribution in [1.82, 2.24) is 15.1 Å². The Morgan fingerprint density at radius 2 is 1.91 bits per heavy atom. The summed E-state index contributed by atoms with van der Waals surface area (Å²) in [6.45, 7) is 11.9. The summed E-state index contributed by atoms with van der Waals surface area (Å²) in [5.74, 6) is 1.23. The number of ether oxygens (including phenoxy) is 1. The van der Waals surface area contributed by atoms with Crippen LogP contribution in [0, 0.1) is 0 Å². The van der Waals surface area contributed by atoms with Crippen LogP contribution in [-0.2, 0) is 11.2 Å². The van der Waals surface area contributed by atoms with Gasteiger partial charge in [0.25, 0.3) is 0 Å². The fourth-order valence-corrected chi connectivity index (χ4v) is 5.06. The zero-order valence-electron chi connectivity index (χ0n) is 20.5. The molecule has 0 saturated carbocycles. The standard InChI is InChI=1S/C26H37N3O3S/c1-6-19(5)29(26(31)27-7-2)16-25(30)28-14-12-24-22(13-15-33-24)23(28)17-32-21-10-8-20(9-11-21)18(3)4/h8-11,13,15,18-19,23H,6-7,12,14,16-17H2,1-5H3,(H,27,31)/t19-,23-/m1/s1. The van der Waals surface area contributed by atoms with Crippen molar-refractivity contribution >= 4 is 23.3 Å². The highest BCUT2D eigenvalue weighted by atomic mass is 32.1. The number of carbonyl (C=O) groups is 2. The van der Waals surface area contributed by atoms with E-state index in [9.17, 15) is 9.59 Å². The van der Waals surface area contributed by atoms with E-state index in [1.165, 1.54) is 10.4 Å². The number of nitrogens with one attached hydrogen (secondary N) is 1. The van der Waals surface area contributed by atoms with Gasteiger partial charge in [-0.15, -0.1) is 11.3 Å². The van der Waals surface area contributed by atoms with E-state index in [4.69, 9.17) is 4.74 Å². The molecule has 0 bridgehead atoms. The first-order valence-corrected chi connectivity index (χ1v) is 12.9. The van der Waals surface area contributed by atoms with Gasteiger partial charge in [0.1, 0.15) is 18.9 Å². The number of benzene rings is 1. The monoisotopic (exact) mass is 471 g/mol. The van der Waals surface area contributed by atoms with Crippen LogP contribution in [0.3, 0.4) is 0 Å². The lowest BCUT2D eigenvalue weighted by atomic mass is 10.00. The van der Waals surface area contributed by atoms with E-state index in [2.05, 4.69) is 42.7 Å². The molecule has 1 aromatic carbocycles. The molecular formula is C26H37N3O3S. The number of fused-ring (bicyclic) bond motifs is 1. The number of rotatable bonds is 9. The molecule has 1 aromatic heterocycles. The van der Waals surface area contributed by atoms with E-state index >= 15 is 0 Å². The normalized spacial score (nSPS) is 16.3. The molecule has 1 N–H and O–H groups in total. The number of urea groups is 1. The van der Waals surface area contributed by atoms with E-state index in [1.54, 1.807) is 16.2 Å². The van der Waals surface area contributed by atoms with Crippen molar-refractivity contribution in [3.8, 4) is 5.75 Å². The first-order chi connectivity index (χ1) is 15.8. The Kier molecular flexibility index (Phi) is 8.78. The summed E-state index contributed by atoms with van der Waals surface area (Å²) in [5.41, 5.74) is 2.43. The molecular weight excluding hydrogens is 434 g/mol. The van der Waals surface area contributed by atoms with Crippen LogP contribution in [0.5, 0.6) is 5.75 Å². The molecule has 7 heteroatoms. The molecule has 33 heavy (non-hydrogen) atoms. The van der Waals surface area contributed by atoms with Gasteiger partial charge in [-0.3, -0.25) is 4.79 Å². The lowest BCUT2D eigenvalue weighted by molar-refractivity contribution is -0.135. The van der Waals surface area contributed by atoms with E-state index in [-0.39, 0.29) is 30.6 Å². The molecule has 2 heterocycles. The van der Waals surface area contributed by atoms with Crippen molar-refractivity contribution in [2.75, 3.05) is 26.2 Å². The van der Waals surface area contributed by atoms with Crippen LogP contribution in [0.4, 0.5) is 4.79 Å². The predicted octanol–water partition coefficient (Wildman–Crippen LogP) is 5.21. The topological polar surface area (TPSA) is 61.9 Å². The molecule has 2 atom stereocenters. The molecule has 2 aromatic rings.